The molecule has 1 aromatic rings. The first-order valence-corrected chi connectivity index (χ1v) is 6.57. The van der Waals surface area contributed by atoms with Crippen LogP contribution in [0.3, 0.4) is 0 Å². The summed E-state index contributed by atoms with van der Waals surface area (Å²) in [4.78, 5) is 2.38. The average Bonchev–Trinajstić information content (AvgIpc) is 2.35. The maximum absolute atomic E-state index is 3.67. The topological polar surface area (TPSA) is 15.3 Å². The molecule has 0 heterocycles. The Bertz CT molecular complexity index is 308. The molecule has 2 atom stereocenters. The van der Waals surface area contributed by atoms with E-state index in [1.165, 1.54) is 5.56 Å². The van der Waals surface area contributed by atoms with E-state index in [1.807, 2.05) is 0 Å². The van der Waals surface area contributed by atoms with Crippen molar-refractivity contribution in [2.24, 2.45) is 0 Å². The number of nitrogens with zero attached hydrogens (tertiary/aromatic N) is 1. The second-order valence-corrected chi connectivity index (χ2v) is 5.02. The minimum Gasteiger partial charge on any atom is -0.306 e. The van der Waals surface area contributed by atoms with Crippen molar-refractivity contribution in [3.63, 3.8) is 0 Å². The molecule has 1 N–H and O–H groups in total. The van der Waals surface area contributed by atoms with Crippen LogP contribution in [0.4, 0.5) is 0 Å². The molecule has 17 heavy (non-hydrogen) atoms. The number of rotatable bonds is 6. The highest BCUT2D eigenvalue weighted by Gasteiger charge is 2.22. The molecule has 1 aromatic carbocycles. The van der Waals surface area contributed by atoms with E-state index < -0.39 is 0 Å². The summed E-state index contributed by atoms with van der Waals surface area (Å²) in [5, 5.41) is 3.67. The predicted octanol–water partition coefficient (Wildman–Crippen LogP) is 3.07. The maximum atomic E-state index is 3.67. The summed E-state index contributed by atoms with van der Waals surface area (Å²) in [6.07, 6.45) is 0. The van der Waals surface area contributed by atoms with Crippen molar-refractivity contribution in [3.8, 4) is 0 Å². The zero-order valence-corrected chi connectivity index (χ0v) is 11.8. The minimum atomic E-state index is 0.390. The van der Waals surface area contributed by atoms with Crippen molar-refractivity contribution in [3.05, 3.63) is 35.9 Å². The molecule has 2 unspecified atom stereocenters. The summed E-state index contributed by atoms with van der Waals surface area (Å²) in [6.45, 7) is 9.97. The number of benzene rings is 1. The van der Waals surface area contributed by atoms with Crippen LogP contribution in [0.5, 0.6) is 0 Å². The highest BCUT2D eigenvalue weighted by molar-refractivity contribution is 5.20. The third-order valence-corrected chi connectivity index (χ3v) is 3.35. The van der Waals surface area contributed by atoms with E-state index in [9.17, 15) is 0 Å². The molecule has 0 aliphatic heterocycles. The smallest absolute Gasteiger partial charge is 0.0477 e. The molecule has 2 heteroatoms. The van der Waals surface area contributed by atoms with Crippen LogP contribution in [0.15, 0.2) is 30.3 Å². The van der Waals surface area contributed by atoms with E-state index >= 15 is 0 Å². The molecule has 0 fully saturated rings. The van der Waals surface area contributed by atoms with E-state index in [0.29, 0.717) is 18.1 Å². The Morgan fingerprint density at radius 1 is 1.12 bits per heavy atom. The molecule has 2 nitrogen and oxygen atoms in total. The van der Waals surface area contributed by atoms with Gasteiger partial charge in [-0.1, -0.05) is 51.1 Å². The third-order valence-electron chi connectivity index (χ3n) is 3.35. The summed E-state index contributed by atoms with van der Waals surface area (Å²) in [5.74, 6) is 0. The Labute approximate surface area is 106 Å². The van der Waals surface area contributed by atoms with Crippen molar-refractivity contribution in [2.45, 2.75) is 45.8 Å². The first-order chi connectivity index (χ1) is 8.06. The summed E-state index contributed by atoms with van der Waals surface area (Å²) in [7, 11) is 2.18. The third kappa shape index (κ3) is 4.14. The molecule has 0 saturated heterocycles. The lowest BCUT2D eigenvalue weighted by molar-refractivity contribution is 0.209. The zero-order valence-electron chi connectivity index (χ0n) is 11.8. The van der Waals surface area contributed by atoms with Gasteiger partial charge >= 0.3 is 0 Å². The largest absolute Gasteiger partial charge is 0.306 e. The van der Waals surface area contributed by atoms with Crippen LogP contribution in [-0.2, 0) is 0 Å². The normalized spacial score (nSPS) is 15.2. The van der Waals surface area contributed by atoms with Gasteiger partial charge in [0.2, 0.25) is 0 Å². The average molecular weight is 234 g/mol. The van der Waals surface area contributed by atoms with Gasteiger partial charge in [0.25, 0.3) is 0 Å². The van der Waals surface area contributed by atoms with E-state index in [-0.39, 0.29) is 0 Å². The van der Waals surface area contributed by atoms with Crippen LogP contribution in [0.25, 0.3) is 0 Å². The van der Waals surface area contributed by atoms with Gasteiger partial charge in [-0.25, -0.2) is 0 Å². The van der Waals surface area contributed by atoms with Gasteiger partial charge in [0, 0.05) is 18.1 Å². The molecule has 0 aliphatic rings. The lowest BCUT2D eigenvalue weighted by Gasteiger charge is -2.33. The van der Waals surface area contributed by atoms with Gasteiger partial charge in [-0.2, -0.15) is 0 Å². The Kier molecular flexibility index (Phi) is 5.66. The fraction of sp³-hybridized carbons (Fsp3) is 0.600. The van der Waals surface area contributed by atoms with E-state index in [2.05, 4.69) is 75.3 Å². The summed E-state index contributed by atoms with van der Waals surface area (Å²) < 4.78 is 0. The van der Waals surface area contributed by atoms with Gasteiger partial charge in [-0.05, 0) is 26.1 Å². The fourth-order valence-corrected chi connectivity index (χ4v) is 2.08. The fourth-order valence-electron chi connectivity index (χ4n) is 2.08. The first kappa shape index (κ1) is 14.2. The summed E-state index contributed by atoms with van der Waals surface area (Å²) >= 11 is 0. The van der Waals surface area contributed by atoms with Gasteiger partial charge in [-0.3, -0.25) is 0 Å². The van der Waals surface area contributed by atoms with Crippen molar-refractivity contribution in [1.82, 2.24) is 10.2 Å². The molecular weight excluding hydrogens is 208 g/mol. The van der Waals surface area contributed by atoms with Crippen molar-refractivity contribution < 1.29 is 0 Å². The molecule has 0 aliphatic carbocycles. The predicted molar refractivity (Wildman–Crippen MR) is 75.2 cm³/mol. The quantitative estimate of drug-likeness (QED) is 0.814. The molecular formula is C15H26N2. The van der Waals surface area contributed by atoms with Crippen molar-refractivity contribution in [1.29, 1.82) is 0 Å². The van der Waals surface area contributed by atoms with Crippen LogP contribution < -0.4 is 5.32 Å². The lowest BCUT2D eigenvalue weighted by Crippen LogP contribution is -2.43. The number of hydrogen-bond acceptors (Lipinski definition) is 2. The summed E-state index contributed by atoms with van der Waals surface area (Å²) in [6, 6.07) is 12.1. The summed E-state index contributed by atoms with van der Waals surface area (Å²) in [5.41, 5.74) is 1.37. The van der Waals surface area contributed by atoms with Gasteiger partial charge in [-0.15, -0.1) is 0 Å². The standard InChI is InChI=1S/C15H26N2/c1-6-17(5)13(4)15(16-12(2)3)14-10-8-7-9-11-14/h7-13,15-16H,6H2,1-5H3. The minimum absolute atomic E-state index is 0.390. The number of nitrogens with one attached hydrogen (secondary N) is 1. The maximum Gasteiger partial charge on any atom is 0.0477 e. The molecule has 0 aromatic heterocycles. The van der Waals surface area contributed by atoms with E-state index in [4.69, 9.17) is 0 Å². The molecule has 96 valence electrons. The number of hydrogen-bond donors (Lipinski definition) is 1. The van der Waals surface area contributed by atoms with Crippen LogP contribution in [0, 0.1) is 0 Å². The molecule has 0 radical (unpaired) electrons. The zero-order chi connectivity index (χ0) is 12.8. The second-order valence-electron chi connectivity index (χ2n) is 5.02. The Balaban J connectivity index is 2.88. The van der Waals surface area contributed by atoms with Gasteiger partial charge in [0.1, 0.15) is 0 Å². The van der Waals surface area contributed by atoms with Crippen LogP contribution >= 0.6 is 0 Å². The van der Waals surface area contributed by atoms with Gasteiger partial charge in [0.15, 0.2) is 0 Å². The van der Waals surface area contributed by atoms with E-state index in [0.717, 1.165) is 6.54 Å². The van der Waals surface area contributed by atoms with Crippen molar-refractivity contribution >= 4 is 0 Å². The van der Waals surface area contributed by atoms with Crippen LogP contribution in [0.1, 0.15) is 39.3 Å². The molecule has 0 spiro atoms. The van der Waals surface area contributed by atoms with Gasteiger partial charge < -0.3 is 10.2 Å². The number of likely N-dealkylation sites (N-methyl/N-ethyl adjacent to an activating group) is 1. The molecule has 0 saturated carbocycles. The molecule has 0 bridgehead atoms. The Morgan fingerprint density at radius 3 is 2.18 bits per heavy atom. The Morgan fingerprint density at radius 2 is 1.71 bits per heavy atom. The first-order valence-electron chi connectivity index (χ1n) is 6.57. The highest BCUT2D eigenvalue weighted by atomic mass is 15.2. The van der Waals surface area contributed by atoms with Crippen LogP contribution in [0.2, 0.25) is 0 Å². The van der Waals surface area contributed by atoms with E-state index in [1.54, 1.807) is 0 Å². The highest BCUT2D eigenvalue weighted by Crippen LogP contribution is 2.20. The molecule has 1 rings (SSSR count). The monoisotopic (exact) mass is 234 g/mol. The SMILES string of the molecule is CCN(C)C(C)C(NC(C)C)c1ccccc1. The van der Waals surface area contributed by atoms with Gasteiger partial charge in [0.05, 0.1) is 0 Å². The molecule has 0 amide bonds. The second kappa shape index (κ2) is 6.77. The lowest BCUT2D eigenvalue weighted by atomic mass is 9.98. The van der Waals surface area contributed by atoms with Crippen molar-refractivity contribution in [2.75, 3.05) is 13.6 Å². The Hall–Kier alpha value is -0.860. The van der Waals surface area contributed by atoms with Crippen LogP contribution in [-0.4, -0.2) is 30.6 Å².